The third kappa shape index (κ3) is 3.74. The van der Waals surface area contributed by atoms with Crippen LogP contribution in [0.2, 0.25) is 10.0 Å². The molecule has 2 N–H and O–H groups in total. The van der Waals surface area contributed by atoms with Crippen LogP contribution in [0.5, 0.6) is 0 Å². The predicted molar refractivity (Wildman–Crippen MR) is 79.0 cm³/mol. The van der Waals surface area contributed by atoms with Gasteiger partial charge in [0, 0.05) is 21.9 Å². The van der Waals surface area contributed by atoms with Gasteiger partial charge in [-0.05, 0) is 25.1 Å². The lowest BCUT2D eigenvalue weighted by Crippen LogP contribution is -2.24. The number of hydrogen-bond donors (Lipinski definition) is 2. The maximum atomic E-state index is 12.1. The summed E-state index contributed by atoms with van der Waals surface area (Å²) in [5.41, 5.74) is 0.468. The first-order valence-corrected chi connectivity index (χ1v) is 6.67. The van der Waals surface area contributed by atoms with Crippen molar-refractivity contribution in [3.8, 4) is 0 Å². The molecule has 1 heterocycles. The van der Waals surface area contributed by atoms with Crippen molar-refractivity contribution in [1.29, 1.82) is 0 Å². The van der Waals surface area contributed by atoms with Gasteiger partial charge in [-0.25, -0.2) is 4.79 Å². The minimum Gasteiger partial charge on any atom is -0.478 e. The Morgan fingerprint density at radius 2 is 1.90 bits per heavy atom. The van der Waals surface area contributed by atoms with E-state index in [0.717, 1.165) is 0 Å². The third-order valence-electron chi connectivity index (χ3n) is 2.75. The first kappa shape index (κ1) is 15.3. The number of carbonyl (C=O) groups excluding carboxylic acids is 1. The number of carboxylic acid groups (broad SMARTS) is 1. The van der Waals surface area contributed by atoms with Crippen LogP contribution in [0.4, 0.5) is 5.69 Å². The molecule has 0 aliphatic carbocycles. The minimum atomic E-state index is -1.10. The number of carboxylic acids is 1. The molecule has 0 bridgehead atoms. The van der Waals surface area contributed by atoms with Gasteiger partial charge in [-0.2, -0.15) is 5.10 Å². The van der Waals surface area contributed by atoms with E-state index in [1.54, 1.807) is 25.1 Å². The van der Waals surface area contributed by atoms with Crippen LogP contribution < -0.4 is 5.32 Å². The second kappa shape index (κ2) is 6.15. The van der Waals surface area contributed by atoms with Crippen molar-refractivity contribution in [3.05, 3.63) is 46.2 Å². The molecule has 2 rings (SSSR count). The van der Waals surface area contributed by atoms with Gasteiger partial charge in [0.2, 0.25) is 5.91 Å². The molecule has 2 aromatic rings. The van der Waals surface area contributed by atoms with Crippen LogP contribution in [-0.2, 0) is 4.79 Å². The average Bonchev–Trinajstić information content (AvgIpc) is 2.86. The van der Waals surface area contributed by atoms with E-state index in [-0.39, 0.29) is 11.5 Å². The Morgan fingerprint density at radius 1 is 1.29 bits per heavy atom. The summed E-state index contributed by atoms with van der Waals surface area (Å²) in [7, 11) is 0. The van der Waals surface area contributed by atoms with Crippen LogP contribution in [0, 0.1) is 0 Å². The number of anilines is 1. The topological polar surface area (TPSA) is 84.2 Å². The number of hydrogen-bond acceptors (Lipinski definition) is 3. The zero-order valence-electron chi connectivity index (χ0n) is 10.9. The molecule has 0 saturated carbocycles. The largest absolute Gasteiger partial charge is 0.478 e. The molecule has 1 atom stereocenters. The fourth-order valence-corrected chi connectivity index (χ4v) is 2.18. The average molecular weight is 328 g/mol. The van der Waals surface area contributed by atoms with Crippen LogP contribution in [0.15, 0.2) is 30.6 Å². The lowest BCUT2D eigenvalue weighted by molar-refractivity contribution is -0.119. The molecule has 21 heavy (non-hydrogen) atoms. The molecule has 0 aliphatic rings. The third-order valence-corrected chi connectivity index (χ3v) is 3.19. The van der Waals surface area contributed by atoms with Crippen molar-refractivity contribution in [2.24, 2.45) is 0 Å². The molecule has 1 aromatic carbocycles. The molecular weight excluding hydrogens is 317 g/mol. The Hall–Kier alpha value is -2.05. The van der Waals surface area contributed by atoms with E-state index in [0.29, 0.717) is 15.7 Å². The van der Waals surface area contributed by atoms with Gasteiger partial charge >= 0.3 is 5.97 Å². The van der Waals surface area contributed by atoms with Gasteiger partial charge in [0.25, 0.3) is 0 Å². The highest BCUT2D eigenvalue weighted by Crippen LogP contribution is 2.23. The Balaban J connectivity index is 2.13. The van der Waals surface area contributed by atoms with Gasteiger partial charge in [-0.1, -0.05) is 23.2 Å². The number of aromatic carboxylic acids is 1. The number of carbonyl (C=O) groups is 2. The standard InChI is InChI=1S/C13H11Cl2N3O3/c1-7(18-6-8(5-16-18)13(20)21)12(19)17-11-3-9(14)2-10(15)4-11/h2-7H,1H3,(H,17,19)(H,20,21). The van der Waals surface area contributed by atoms with Gasteiger partial charge in [0.15, 0.2) is 0 Å². The van der Waals surface area contributed by atoms with E-state index in [4.69, 9.17) is 28.3 Å². The fourth-order valence-electron chi connectivity index (χ4n) is 1.65. The number of aromatic nitrogens is 2. The Morgan fingerprint density at radius 3 is 2.43 bits per heavy atom. The number of rotatable bonds is 4. The summed E-state index contributed by atoms with van der Waals surface area (Å²) in [5, 5.41) is 16.1. The van der Waals surface area contributed by atoms with Gasteiger partial charge in [-0.3, -0.25) is 9.48 Å². The van der Waals surface area contributed by atoms with E-state index in [9.17, 15) is 9.59 Å². The van der Waals surface area contributed by atoms with Crippen LogP contribution in [0.25, 0.3) is 0 Å². The van der Waals surface area contributed by atoms with Crippen molar-refractivity contribution in [3.63, 3.8) is 0 Å². The Bertz CT molecular complexity index is 679. The van der Waals surface area contributed by atoms with E-state index < -0.39 is 12.0 Å². The summed E-state index contributed by atoms with van der Waals surface area (Å²) in [6.07, 6.45) is 2.47. The van der Waals surface area contributed by atoms with Crippen molar-refractivity contribution in [2.45, 2.75) is 13.0 Å². The SMILES string of the molecule is CC(C(=O)Nc1cc(Cl)cc(Cl)c1)n1cc(C(=O)O)cn1. The number of nitrogens with zero attached hydrogens (tertiary/aromatic N) is 2. The molecule has 110 valence electrons. The molecule has 0 radical (unpaired) electrons. The molecule has 0 aliphatic heterocycles. The normalized spacial score (nSPS) is 12.0. The molecule has 1 aromatic heterocycles. The Kier molecular flexibility index (Phi) is 4.50. The fraction of sp³-hybridized carbons (Fsp3) is 0.154. The molecule has 6 nitrogen and oxygen atoms in total. The van der Waals surface area contributed by atoms with Gasteiger partial charge in [0.05, 0.1) is 11.8 Å². The highest BCUT2D eigenvalue weighted by Gasteiger charge is 2.18. The number of amides is 1. The molecule has 8 heteroatoms. The first-order valence-electron chi connectivity index (χ1n) is 5.91. The number of benzene rings is 1. The molecule has 1 unspecified atom stereocenters. The molecular formula is C13H11Cl2N3O3. The number of nitrogens with one attached hydrogen (secondary N) is 1. The maximum absolute atomic E-state index is 12.1. The second-order valence-electron chi connectivity index (χ2n) is 4.34. The van der Waals surface area contributed by atoms with Gasteiger partial charge < -0.3 is 10.4 Å². The summed E-state index contributed by atoms with van der Waals surface area (Å²) < 4.78 is 1.27. The van der Waals surface area contributed by atoms with E-state index in [1.165, 1.54) is 17.1 Å². The first-order chi connectivity index (χ1) is 9.86. The quantitative estimate of drug-likeness (QED) is 0.903. The van der Waals surface area contributed by atoms with Crippen molar-refractivity contribution < 1.29 is 14.7 Å². The summed E-state index contributed by atoms with van der Waals surface area (Å²) in [6, 6.07) is 3.98. The zero-order chi connectivity index (χ0) is 15.6. The van der Waals surface area contributed by atoms with Crippen molar-refractivity contribution in [1.82, 2.24) is 9.78 Å². The molecule has 1 amide bonds. The predicted octanol–water partition coefficient (Wildman–Crippen LogP) is 3.09. The van der Waals surface area contributed by atoms with Crippen molar-refractivity contribution in [2.75, 3.05) is 5.32 Å². The molecule has 0 fully saturated rings. The van der Waals surface area contributed by atoms with Crippen molar-refractivity contribution >= 4 is 40.8 Å². The Labute approximate surface area is 130 Å². The van der Waals surface area contributed by atoms with E-state index in [1.807, 2.05) is 0 Å². The van der Waals surface area contributed by atoms with Crippen LogP contribution in [0.1, 0.15) is 23.3 Å². The smallest absolute Gasteiger partial charge is 0.338 e. The van der Waals surface area contributed by atoms with Crippen LogP contribution in [0.3, 0.4) is 0 Å². The van der Waals surface area contributed by atoms with Gasteiger partial charge in [-0.15, -0.1) is 0 Å². The molecule has 0 saturated heterocycles. The van der Waals surface area contributed by atoms with Gasteiger partial charge in [0.1, 0.15) is 6.04 Å². The molecule has 0 spiro atoms. The summed E-state index contributed by atoms with van der Waals surface area (Å²) in [6.45, 7) is 1.60. The van der Waals surface area contributed by atoms with E-state index in [2.05, 4.69) is 10.4 Å². The lowest BCUT2D eigenvalue weighted by Gasteiger charge is -2.13. The monoisotopic (exact) mass is 327 g/mol. The highest BCUT2D eigenvalue weighted by atomic mass is 35.5. The maximum Gasteiger partial charge on any atom is 0.338 e. The minimum absolute atomic E-state index is 0.0143. The second-order valence-corrected chi connectivity index (χ2v) is 5.21. The lowest BCUT2D eigenvalue weighted by atomic mass is 10.2. The summed E-state index contributed by atoms with van der Waals surface area (Å²) in [4.78, 5) is 22.9. The van der Waals surface area contributed by atoms with Crippen LogP contribution in [-0.4, -0.2) is 26.8 Å². The zero-order valence-corrected chi connectivity index (χ0v) is 12.4. The van der Waals surface area contributed by atoms with Crippen LogP contribution >= 0.6 is 23.2 Å². The summed E-state index contributed by atoms with van der Waals surface area (Å²) in [5.74, 6) is -1.47. The number of halogens is 2. The summed E-state index contributed by atoms with van der Waals surface area (Å²) >= 11 is 11.7. The van der Waals surface area contributed by atoms with E-state index >= 15 is 0 Å². The highest BCUT2D eigenvalue weighted by molar-refractivity contribution is 6.35.